The lowest BCUT2D eigenvalue weighted by Gasteiger charge is -2.20. The first-order chi connectivity index (χ1) is 10.5. The topological polar surface area (TPSA) is 60.8 Å². The maximum absolute atomic E-state index is 11.5. The van der Waals surface area contributed by atoms with E-state index in [1.54, 1.807) is 13.0 Å². The second-order valence-electron chi connectivity index (χ2n) is 5.38. The summed E-state index contributed by atoms with van der Waals surface area (Å²) in [6.07, 6.45) is 0. The molecule has 0 aromatic heterocycles. The first-order valence-electron chi connectivity index (χ1n) is 7.19. The van der Waals surface area contributed by atoms with Gasteiger partial charge in [0.15, 0.2) is 5.78 Å². The van der Waals surface area contributed by atoms with Crippen molar-refractivity contribution in [2.45, 2.75) is 26.7 Å². The predicted molar refractivity (Wildman–Crippen MR) is 86.8 cm³/mol. The van der Waals surface area contributed by atoms with E-state index in [1.807, 2.05) is 48.3 Å². The molecule has 0 saturated carbocycles. The third-order valence-electron chi connectivity index (χ3n) is 3.72. The Morgan fingerprint density at radius 1 is 1.05 bits per heavy atom. The number of carbonyl (C=O) groups excluding carboxylic acids is 1. The molecule has 0 aliphatic heterocycles. The quantitative estimate of drug-likeness (QED) is 0.805. The zero-order valence-electron chi connectivity index (χ0n) is 12.9. The van der Waals surface area contributed by atoms with Crippen LogP contribution in [0.25, 0.3) is 0 Å². The van der Waals surface area contributed by atoms with Gasteiger partial charge < -0.3 is 15.1 Å². The highest BCUT2D eigenvalue weighted by Gasteiger charge is 2.07. The van der Waals surface area contributed by atoms with E-state index in [4.69, 9.17) is 0 Å². The second-order valence-corrected chi connectivity index (χ2v) is 5.38. The number of Topliss-reactive ketones (excluding diaryl/α,β-unsaturated/α-hetero) is 1. The van der Waals surface area contributed by atoms with E-state index in [-0.39, 0.29) is 19.0 Å². The van der Waals surface area contributed by atoms with E-state index in [9.17, 15) is 15.0 Å². The molecular formula is C18H21NO3. The summed E-state index contributed by atoms with van der Waals surface area (Å²) in [6, 6.07) is 13.2. The Morgan fingerprint density at radius 2 is 1.77 bits per heavy atom. The minimum atomic E-state index is -0.0900. The lowest BCUT2D eigenvalue weighted by Crippen LogP contribution is -2.17. The van der Waals surface area contributed by atoms with Crippen LogP contribution in [0.3, 0.4) is 0 Å². The van der Waals surface area contributed by atoms with Crippen molar-refractivity contribution in [1.29, 1.82) is 0 Å². The molecule has 4 nitrogen and oxygen atoms in total. The van der Waals surface area contributed by atoms with E-state index in [0.29, 0.717) is 12.1 Å². The molecule has 0 aliphatic rings. The maximum atomic E-state index is 11.5. The average molecular weight is 299 g/mol. The Kier molecular flexibility index (Phi) is 5.31. The number of aliphatic hydroxyl groups is 2. The van der Waals surface area contributed by atoms with Gasteiger partial charge in [0.2, 0.25) is 0 Å². The molecular weight excluding hydrogens is 278 g/mol. The molecule has 0 saturated heterocycles. The van der Waals surface area contributed by atoms with Crippen molar-refractivity contribution in [1.82, 2.24) is 0 Å². The molecule has 2 aromatic rings. The van der Waals surface area contributed by atoms with Crippen LogP contribution in [0.15, 0.2) is 42.5 Å². The standard InChI is InChI=1S/C18H21NO3/c1-13(22)15-4-3-5-18(9-15)19(2)10-14-6-7-16(11-20)17(8-14)12-21/h3-9,20-21H,10-12H2,1-2H3. The fourth-order valence-electron chi connectivity index (χ4n) is 2.41. The van der Waals surface area contributed by atoms with Gasteiger partial charge in [-0.15, -0.1) is 0 Å². The molecule has 116 valence electrons. The largest absolute Gasteiger partial charge is 0.392 e. The second kappa shape index (κ2) is 7.20. The number of nitrogens with zero attached hydrogens (tertiary/aromatic N) is 1. The smallest absolute Gasteiger partial charge is 0.159 e. The van der Waals surface area contributed by atoms with E-state index >= 15 is 0 Å². The van der Waals surface area contributed by atoms with Gasteiger partial charge in [0.1, 0.15) is 0 Å². The van der Waals surface area contributed by atoms with Gasteiger partial charge in [-0.3, -0.25) is 4.79 Å². The molecule has 2 rings (SSSR count). The number of hydrogen-bond acceptors (Lipinski definition) is 4. The van der Waals surface area contributed by atoms with Crippen molar-refractivity contribution in [3.05, 3.63) is 64.7 Å². The predicted octanol–water partition coefficient (Wildman–Crippen LogP) is 2.51. The fraction of sp³-hybridized carbons (Fsp3) is 0.278. The van der Waals surface area contributed by atoms with Gasteiger partial charge in [-0.05, 0) is 35.7 Å². The van der Waals surface area contributed by atoms with Gasteiger partial charge >= 0.3 is 0 Å². The van der Waals surface area contributed by atoms with E-state index in [1.165, 1.54) is 0 Å². The monoisotopic (exact) mass is 299 g/mol. The number of ketones is 1. The molecule has 0 spiro atoms. The van der Waals surface area contributed by atoms with Crippen molar-refractivity contribution in [3.63, 3.8) is 0 Å². The van der Waals surface area contributed by atoms with Crippen LogP contribution in [0.4, 0.5) is 5.69 Å². The summed E-state index contributed by atoms with van der Waals surface area (Å²) < 4.78 is 0. The van der Waals surface area contributed by atoms with Crippen LogP contribution >= 0.6 is 0 Å². The summed E-state index contributed by atoms with van der Waals surface area (Å²) in [5, 5.41) is 18.6. The van der Waals surface area contributed by atoms with Crippen molar-refractivity contribution in [2.24, 2.45) is 0 Å². The van der Waals surface area contributed by atoms with E-state index < -0.39 is 0 Å². The van der Waals surface area contributed by atoms with Crippen molar-refractivity contribution in [3.8, 4) is 0 Å². The SMILES string of the molecule is CC(=O)c1cccc(N(C)Cc2ccc(CO)c(CO)c2)c1. The Labute approximate surface area is 130 Å². The van der Waals surface area contributed by atoms with Gasteiger partial charge in [-0.25, -0.2) is 0 Å². The minimum Gasteiger partial charge on any atom is -0.392 e. The zero-order valence-corrected chi connectivity index (χ0v) is 12.9. The summed E-state index contributed by atoms with van der Waals surface area (Å²) in [5.41, 5.74) is 4.18. The summed E-state index contributed by atoms with van der Waals surface area (Å²) in [5.74, 6) is 0.0464. The van der Waals surface area contributed by atoms with Crippen molar-refractivity contribution in [2.75, 3.05) is 11.9 Å². The van der Waals surface area contributed by atoms with Crippen molar-refractivity contribution >= 4 is 11.5 Å². The summed E-state index contributed by atoms with van der Waals surface area (Å²) in [6.45, 7) is 2.04. The molecule has 0 atom stereocenters. The molecule has 22 heavy (non-hydrogen) atoms. The number of carbonyl (C=O) groups is 1. The van der Waals surface area contributed by atoms with E-state index in [2.05, 4.69) is 0 Å². The maximum Gasteiger partial charge on any atom is 0.159 e. The highest BCUT2D eigenvalue weighted by Crippen LogP contribution is 2.19. The molecule has 4 heteroatoms. The molecule has 0 radical (unpaired) electrons. The Balaban J connectivity index is 2.19. The first kappa shape index (κ1) is 16.2. The van der Waals surface area contributed by atoms with Gasteiger partial charge in [-0.1, -0.05) is 30.3 Å². The van der Waals surface area contributed by atoms with Crippen LogP contribution in [0.5, 0.6) is 0 Å². The van der Waals surface area contributed by atoms with Gasteiger partial charge in [0.05, 0.1) is 13.2 Å². The lowest BCUT2D eigenvalue weighted by atomic mass is 10.0. The van der Waals surface area contributed by atoms with Crippen LogP contribution in [-0.2, 0) is 19.8 Å². The third-order valence-corrected chi connectivity index (χ3v) is 3.72. The highest BCUT2D eigenvalue weighted by molar-refractivity contribution is 5.94. The van der Waals surface area contributed by atoms with Crippen LogP contribution in [0.1, 0.15) is 34.0 Å². The van der Waals surface area contributed by atoms with Crippen LogP contribution in [0, 0.1) is 0 Å². The third kappa shape index (κ3) is 3.72. The van der Waals surface area contributed by atoms with Crippen LogP contribution in [0.2, 0.25) is 0 Å². The molecule has 0 amide bonds. The Bertz CT molecular complexity index is 667. The van der Waals surface area contributed by atoms with Gasteiger partial charge in [0.25, 0.3) is 0 Å². The van der Waals surface area contributed by atoms with Crippen molar-refractivity contribution < 1.29 is 15.0 Å². The zero-order chi connectivity index (χ0) is 16.1. The number of hydrogen-bond donors (Lipinski definition) is 2. The Morgan fingerprint density at radius 3 is 2.41 bits per heavy atom. The van der Waals surface area contributed by atoms with E-state index in [0.717, 1.165) is 22.4 Å². The number of anilines is 1. The molecule has 0 fully saturated rings. The number of rotatable bonds is 6. The highest BCUT2D eigenvalue weighted by atomic mass is 16.3. The average Bonchev–Trinajstić information content (AvgIpc) is 2.54. The normalized spacial score (nSPS) is 10.5. The molecule has 0 unspecified atom stereocenters. The molecule has 0 heterocycles. The summed E-state index contributed by atoms with van der Waals surface area (Å²) in [7, 11) is 1.96. The fourth-order valence-corrected chi connectivity index (χ4v) is 2.41. The molecule has 2 aromatic carbocycles. The number of benzene rings is 2. The molecule has 0 bridgehead atoms. The minimum absolute atomic E-state index is 0.0464. The summed E-state index contributed by atoms with van der Waals surface area (Å²) >= 11 is 0. The molecule has 0 aliphatic carbocycles. The van der Waals surface area contributed by atoms with Crippen LogP contribution in [-0.4, -0.2) is 23.0 Å². The van der Waals surface area contributed by atoms with Gasteiger partial charge in [-0.2, -0.15) is 0 Å². The van der Waals surface area contributed by atoms with Gasteiger partial charge in [0, 0.05) is 24.8 Å². The first-order valence-corrected chi connectivity index (χ1v) is 7.19. The van der Waals surface area contributed by atoms with Crippen LogP contribution < -0.4 is 4.90 Å². The lowest BCUT2D eigenvalue weighted by molar-refractivity contribution is 0.101. The number of aliphatic hydroxyl groups excluding tert-OH is 2. The summed E-state index contributed by atoms with van der Waals surface area (Å²) in [4.78, 5) is 13.5. The molecule has 2 N–H and O–H groups in total. The Hall–Kier alpha value is -2.17.